The molecule has 0 aliphatic carbocycles. The van der Waals surface area contributed by atoms with Crippen LogP contribution in [0.1, 0.15) is 13.8 Å². The molecule has 0 spiro atoms. The Kier molecular flexibility index (Phi) is 4.41. The van der Waals surface area contributed by atoms with E-state index in [4.69, 9.17) is 10.2 Å². The van der Waals surface area contributed by atoms with Crippen molar-refractivity contribution in [2.75, 3.05) is 0 Å². The first-order valence-electron chi connectivity index (χ1n) is 3.00. The second-order valence-electron chi connectivity index (χ2n) is 1.89. The van der Waals surface area contributed by atoms with Gasteiger partial charge in [0.2, 0.25) is 0 Å². The van der Waals surface area contributed by atoms with Gasteiger partial charge in [0.25, 0.3) is 0 Å². The Bertz CT molecular complexity index is 171. The molecule has 0 radical (unpaired) electrons. The molecule has 0 saturated heterocycles. The van der Waals surface area contributed by atoms with Crippen LogP contribution in [-0.4, -0.2) is 22.4 Å². The molecule has 0 amide bonds. The van der Waals surface area contributed by atoms with Gasteiger partial charge in [-0.15, -0.1) is 0 Å². The smallest absolute Gasteiger partial charge is 0.112 e. The lowest BCUT2D eigenvalue weighted by atomic mass is 10.4. The summed E-state index contributed by atoms with van der Waals surface area (Å²) in [7, 11) is 0. The van der Waals surface area contributed by atoms with Crippen molar-refractivity contribution in [2.45, 2.75) is 26.1 Å². The summed E-state index contributed by atoms with van der Waals surface area (Å²) in [6, 6.07) is 0. The van der Waals surface area contributed by atoms with E-state index in [0.717, 1.165) is 0 Å². The monoisotopic (exact) mass is 138 g/mol. The van der Waals surface area contributed by atoms with Gasteiger partial charge in [0.15, 0.2) is 0 Å². The molecule has 0 heterocycles. The van der Waals surface area contributed by atoms with Crippen molar-refractivity contribution in [1.29, 1.82) is 0 Å². The molecule has 0 aliphatic heterocycles. The van der Waals surface area contributed by atoms with Crippen LogP contribution in [0.5, 0.6) is 0 Å². The Labute approximate surface area is 60.9 Å². The van der Waals surface area contributed by atoms with Crippen LogP contribution in [0.25, 0.3) is 0 Å². The van der Waals surface area contributed by atoms with Crippen LogP contribution in [0.2, 0.25) is 0 Å². The van der Waals surface area contributed by atoms with E-state index >= 15 is 0 Å². The first kappa shape index (κ1) is 9.04. The Hall–Kier alpha value is -0.960. The number of rotatable bonds is 0. The van der Waals surface area contributed by atoms with Crippen molar-refractivity contribution in [3.8, 4) is 23.7 Å². The maximum absolute atomic E-state index is 8.61. The van der Waals surface area contributed by atoms with Gasteiger partial charge in [0, 0.05) is 0 Å². The van der Waals surface area contributed by atoms with E-state index < -0.39 is 12.2 Å². The van der Waals surface area contributed by atoms with Crippen LogP contribution in [-0.2, 0) is 0 Å². The molecule has 0 unspecified atom stereocenters. The lowest BCUT2D eigenvalue weighted by Gasteiger charge is -1.84. The molecule has 2 atom stereocenters. The summed E-state index contributed by atoms with van der Waals surface area (Å²) < 4.78 is 0. The third-order valence-corrected chi connectivity index (χ3v) is 0.625. The topological polar surface area (TPSA) is 40.5 Å². The normalized spacial score (nSPS) is 13.6. The van der Waals surface area contributed by atoms with Crippen LogP contribution in [0.15, 0.2) is 0 Å². The van der Waals surface area contributed by atoms with Gasteiger partial charge in [-0.25, -0.2) is 0 Å². The third kappa shape index (κ3) is 7.04. The molecule has 0 rings (SSSR count). The zero-order valence-electron chi connectivity index (χ0n) is 6.05. The standard InChI is InChI=1S/C8H10O2/c1-7(9)5-3-4-6-8(2)10/h7-10H,1-2H3/t7-,8-/m1/s1. The van der Waals surface area contributed by atoms with Crippen molar-refractivity contribution < 1.29 is 10.2 Å². The van der Waals surface area contributed by atoms with Gasteiger partial charge in [0.05, 0.1) is 0 Å². The SMILES string of the molecule is C[C@@H](O)C#CC#C[C@@H](C)O. The zero-order valence-corrected chi connectivity index (χ0v) is 6.05. The molecule has 0 fully saturated rings. The highest BCUT2D eigenvalue weighted by Crippen LogP contribution is 1.73. The lowest BCUT2D eigenvalue weighted by molar-refractivity contribution is 0.252. The number of hydrogen-bond acceptors (Lipinski definition) is 2. The molecule has 2 N–H and O–H groups in total. The molecule has 0 aromatic heterocycles. The Morgan fingerprint density at radius 3 is 1.40 bits per heavy atom. The summed E-state index contributed by atoms with van der Waals surface area (Å²) in [6.07, 6.45) is -1.30. The van der Waals surface area contributed by atoms with Crippen LogP contribution in [0.3, 0.4) is 0 Å². The molecule has 0 bridgehead atoms. The fraction of sp³-hybridized carbons (Fsp3) is 0.500. The predicted molar refractivity (Wildman–Crippen MR) is 38.9 cm³/mol. The van der Waals surface area contributed by atoms with E-state index in [9.17, 15) is 0 Å². The van der Waals surface area contributed by atoms with Gasteiger partial charge < -0.3 is 10.2 Å². The zero-order chi connectivity index (χ0) is 7.98. The minimum atomic E-state index is -0.650. The highest BCUT2D eigenvalue weighted by Gasteiger charge is 1.81. The maximum Gasteiger partial charge on any atom is 0.112 e. The molecule has 0 aromatic carbocycles. The van der Waals surface area contributed by atoms with Crippen LogP contribution < -0.4 is 0 Å². The Morgan fingerprint density at radius 2 is 1.20 bits per heavy atom. The van der Waals surface area contributed by atoms with Crippen LogP contribution in [0, 0.1) is 23.7 Å². The lowest BCUT2D eigenvalue weighted by Crippen LogP contribution is -1.93. The fourth-order valence-electron chi connectivity index (χ4n) is 0.281. The van der Waals surface area contributed by atoms with Crippen molar-refractivity contribution >= 4 is 0 Å². The third-order valence-electron chi connectivity index (χ3n) is 0.625. The van der Waals surface area contributed by atoms with E-state index in [1.54, 1.807) is 13.8 Å². The molecule has 2 nitrogen and oxygen atoms in total. The first-order chi connectivity index (χ1) is 4.63. The molecule has 10 heavy (non-hydrogen) atoms. The van der Waals surface area contributed by atoms with E-state index in [1.165, 1.54) is 0 Å². The van der Waals surface area contributed by atoms with E-state index in [-0.39, 0.29) is 0 Å². The van der Waals surface area contributed by atoms with Gasteiger partial charge in [0.1, 0.15) is 12.2 Å². The van der Waals surface area contributed by atoms with Crippen LogP contribution in [0.4, 0.5) is 0 Å². The maximum atomic E-state index is 8.61. The van der Waals surface area contributed by atoms with Crippen molar-refractivity contribution in [1.82, 2.24) is 0 Å². The summed E-state index contributed by atoms with van der Waals surface area (Å²) in [6.45, 7) is 3.11. The fourth-order valence-corrected chi connectivity index (χ4v) is 0.281. The highest BCUT2D eigenvalue weighted by atomic mass is 16.3. The van der Waals surface area contributed by atoms with Gasteiger partial charge in [-0.2, -0.15) is 0 Å². The quantitative estimate of drug-likeness (QED) is 0.453. The summed E-state index contributed by atoms with van der Waals surface area (Å²) in [5, 5.41) is 17.2. The second-order valence-corrected chi connectivity index (χ2v) is 1.89. The second kappa shape index (κ2) is 4.88. The summed E-state index contributed by atoms with van der Waals surface area (Å²) in [5.74, 6) is 9.63. The molecule has 0 aliphatic rings. The van der Waals surface area contributed by atoms with Gasteiger partial charge in [-0.1, -0.05) is 11.8 Å². The average molecular weight is 138 g/mol. The van der Waals surface area contributed by atoms with Gasteiger partial charge in [-0.3, -0.25) is 0 Å². The Balaban J connectivity index is 3.78. The molecular formula is C8H10O2. The van der Waals surface area contributed by atoms with Gasteiger partial charge in [-0.05, 0) is 25.7 Å². The van der Waals surface area contributed by atoms with E-state index in [0.29, 0.717) is 0 Å². The summed E-state index contributed by atoms with van der Waals surface area (Å²) in [4.78, 5) is 0. The number of hydrogen-bond donors (Lipinski definition) is 2. The van der Waals surface area contributed by atoms with Crippen molar-refractivity contribution in [3.05, 3.63) is 0 Å². The molecule has 0 saturated carbocycles. The number of aliphatic hydroxyl groups is 2. The molecule has 54 valence electrons. The summed E-state index contributed by atoms with van der Waals surface area (Å²) in [5.41, 5.74) is 0. The average Bonchev–Trinajstić information content (AvgIpc) is 1.79. The van der Waals surface area contributed by atoms with E-state index in [1.807, 2.05) is 0 Å². The van der Waals surface area contributed by atoms with Crippen LogP contribution >= 0.6 is 0 Å². The minimum absolute atomic E-state index is 0.650. The van der Waals surface area contributed by atoms with Gasteiger partial charge >= 0.3 is 0 Å². The van der Waals surface area contributed by atoms with Crippen molar-refractivity contribution in [3.63, 3.8) is 0 Å². The molecule has 2 heteroatoms. The minimum Gasteiger partial charge on any atom is -0.381 e. The first-order valence-corrected chi connectivity index (χ1v) is 3.00. The molecular weight excluding hydrogens is 128 g/mol. The Morgan fingerprint density at radius 1 is 0.900 bits per heavy atom. The highest BCUT2D eigenvalue weighted by molar-refractivity contribution is 5.27. The largest absolute Gasteiger partial charge is 0.381 e. The molecule has 0 aromatic rings. The predicted octanol–water partition coefficient (Wildman–Crippen LogP) is -0.245. The summed E-state index contributed by atoms with van der Waals surface area (Å²) >= 11 is 0. The van der Waals surface area contributed by atoms with Crippen molar-refractivity contribution in [2.24, 2.45) is 0 Å². The number of aliphatic hydroxyl groups excluding tert-OH is 2. The van der Waals surface area contributed by atoms with E-state index in [2.05, 4.69) is 23.7 Å².